The second-order valence-electron chi connectivity index (χ2n) is 4.14. The minimum Gasteiger partial charge on any atom is -0.508 e. The molecule has 1 aliphatic rings. The fraction of sp³-hybridized carbons (Fsp3) is 0.636. The summed E-state index contributed by atoms with van der Waals surface area (Å²) in [6.07, 6.45) is 5.04. The van der Waals surface area contributed by atoms with Gasteiger partial charge < -0.3 is 15.5 Å². The Bertz CT molecular complexity index is 244. The van der Waals surface area contributed by atoms with Crippen LogP contribution in [0.2, 0.25) is 0 Å². The van der Waals surface area contributed by atoms with Crippen molar-refractivity contribution >= 4 is 0 Å². The average Bonchev–Trinajstić information content (AvgIpc) is 2.10. The van der Waals surface area contributed by atoms with Gasteiger partial charge in [0, 0.05) is 12.5 Å². The highest BCUT2D eigenvalue weighted by Gasteiger charge is 2.14. The van der Waals surface area contributed by atoms with Crippen molar-refractivity contribution in [2.24, 2.45) is 5.92 Å². The Kier molecular flexibility index (Phi) is 4.01. The van der Waals surface area contributed by atoms with Crippen LogP contribution in [0.4, 0.5) is 0 Å². The number of hydrogen-bond donors (Lipinski definition) is 3. The topological polar surface area (TPSA) is 52.5 Å². The molecule has 0 aromatic rings. The first-order valence-corrected chi connectivity index (χ1v) is 5.12. The van der Waals surface area contributed by atoms with Crippen LogP contribution in [0.15, 0.2) is 23.7 Å². The lowest BCUT2D eigenvalue weighted by molar-refractivity contribution is 0.305. The number of rotatable bonds is 4. The highest BCUT2D eigenvalue weighted by Crippen LogP contribution is 2.14. The lowest BCUT2D eigenvalue weighted by Gasteiger charge is -2.18. The van der Waals surface area contributed by atoms with Crippen LogP contribution in [0.1, 0.15) is 26.7 Å². The molecule has 1 unspecified atom stereocenters. The van der Waals surface area contributed by atoms with E-state index >= 15 is 0 Å². The van der Waals surface area contributed by atoms with E-state index in [1.165, 1.54) is 0 Å². The van der Waals surface area contributed by atoms with E-state index in [-0.39, 0.29) is 17.6 Å². The maximum Gasteiger partial charge on any atom is 0.152 e. The van der Waals surface area contributed by atoms with Crippen molar-refractivity contribution in [3.63, 3.8) is 0 Å². The largest absolute Gasteiger partial charge is 0.508 e. The Morgan fingerprint density at radius 3 is 2.79 bits per heavy atom. The van der Waals surface area contributed by atoms with Gasteiger partial charge in [0.1, 0.15) is 5.76 Å². The van der Waals surface area contributed by atoms with Crippen LogP contribution in [0.3, 0.4) is 0 Å². The predicted octanol–water partition coefficient (Wildman–Crippen LogP) is 2.28. The van der Waals surface area contributed by atoms with Gasteiger partial charge in [-0.2, -0.15) is 0 Å². The third-order valence-corrected chi connectivity index (χ3v) is 2.32. The molecule has 1 atom stereocenters. The van der Waals surface area contributed by atoms with Crippen LogP contribution >= 0.6 is 0 Å². The van der Waals surface area contributed by atoms with Crippen molar-refractivity contribution in [2.75, 3.05) is 6.54 Å². The Morgan fingerprint density at radius 1 is 1.50 bits per heavy atom. The maximum absolute atomic E-state index is 9.30. The molecule has 1 aliphatic carbocycles. The van der Waals surface area contributed by atoms with Crippen molar-refractivity contribution in [1.29, 1.82) is 0 Å². The van der Waals surface area contributed by atoms with E-state index in [0.29, 0.717) is 12.3 Å². The molecule has 0 fully saturated rings. The second-order valence-corrected chi connectivity index (χ2v) is 4.14. The summed E-state index contributed by atoms with van der Waals surface area (Å²) in [6.45, 7) is 5.31. The Balaban J connectivity index is 2.26. The van der Waals surface area contributed by atoms with Crippen molar-refractivity contribution < 1.29 is 10.2 Å². The van der Waals surface area contributed by atoms with Gasteiger partial charge in [0.15, 0.2) is 5.76 Å². The van der Waals surface area contributed by atoms with Crippen LogP contribution < -0.4 is 5.32 Å². The van der Waals surface area contributed by atoms with E-state index in [2.05, 4.69) is 19.2 Å². The Morgan fingerprint density at radius 2 is 2.21 bits per heavy atom. The first-order chi connectivity index (χ1) is 6.59. The SMILES string of the molecule is CC(C)CCNC1C=CC(O)=C(O)C1. The standard InChI is InChI=1S/C11H19NO2/c1-8(2)5-6-12-9-3-4-10(13)11(14)7-9/h3-4,8-9,12-14H,5-7H2,1-2H3. The van der Waals surface area contributed by atoms with Gasteiger partial charge in [-0.1, -0.05) is 19.9 Å². The minimum atomic E-state index is -0.00749. The lowest BCUT2D eigenvalue weighted by Crippen LogP contribution is -2.30. The zero-order chi connectivity index (χ0) is 10.6. The summed E-state index contributed by atoms with van der Waals surface area (Å²) < 4.78 is 0. The summed E-state index contributed by atoms with van der Waals surface area (Å²) in [5.41, 5.74) is 0. The summed E-state index contributed by atoms with van der Waals surface area (Å²) in [5.74, 6) is 0.758. The van der Waals surface area contributed by atoms with Gasteiger partial charge in [0.05, 0.1) is 0 Å². The molecule has 0 amide bonds. The van der Waals surface area contributed by atoms with Crippen LogP contribution in [0, 0.1) is 5.92 Å². The van der Waals surface area contributed by atoms with Gasteiger partial charge in [0.25, 0.3) is 0 Å². The number of aliphatic hydroxyl groups is 2. The van der Waals surface area contributed by atoms with Gasteiger partial charge in [-0.3, -0.25) is 0 Å². The normalized spacial score (nSPS) is 22.1. The number of hydrogen-bond acceptors (Lipinski definition) is 3. The summed E-state index contributed by atoms with van der Waals surface area (Å²) in [7, 11) is 0. The molecule has 0 aromatic heterocycles. The first kappa shape index (κ1) is 11.1. The smallest absolute Gasteiger partial charge is 0.152 e. The van der Waals surface area contributed by atoms with E-state index in [0.717, 1.165) is 13.0 Å². The summed E-state index contributed by atoms with van der Waals surface area (Å²) in [4.78, 5) is 0. The third-order valence-electron chi connectivity index (χ3n) is 2.32. The second kappa shape index (κ2) is 5.05. The minimum absolute atomic E-state index is 0.00749. The molecule has 0 aromatic carbocycles. The molecule has 14 heavy (non-hydrogen) atoms. The molecule has 3 nitrogen and oxygen atoms in total. The van der Waals surface area contributed by atoms with Gasteiger partial charge in [-0.05, 0) is 25.0 Å². The quantitative estimate of drug-likeness (QED) is 0.648. The highest BCUT2D eigenvalue weighted by molar-refractivity contribution is 5.22. The molecule has 3 N–H and O–H groups in total. The van der Waals surface area contributed by atoms with Crippen LogP contribution in [-0.4, -0.2) is 22.8 Å². The van der Waals surface area contributed by atoms with E-state index in [4.69, 9.17) is 5.11 Å². The first-order valence-electron chi connectivity index (χ1n) is 5.12. The van der Waals surface area contributed by atoms with Crippen molar-refractivity contribution in [3.8, 4) is 0 Å². The molecule has 0 spiro atoms. The highest BCUT2D eigenvalue weighted by atomic mass is 16.3. The number of allylic oxidation sites excluding steroid dienone is 1. The zero-order valence-corrected chi connectivity index (χ0v) is 8.83. The fourth-order valence-electron chi connectivity index (χ4n) is 1.38. The van der Waals surface area contributed by atoms with E-state index in [1.807, 2.05) is 6.08 Å². The molecule has 0 bridgehead atoms. The van der Waals surface area contributed by atoms with Crippen LogP contribution in [0.5, 0.6) is 0 Å². The molecule has 0 aliphatic heterocycles. The predicted molar refractivity (Wildman–Crippen MR) is 57.3 cm³/mol. The third kappa shape index (κ3) is 3.42. The molecule has 0 heterocycles. The fourth-order valence-corrected chi connectivity index (χ4v) is 1.38. The zero-order valence-electron chi connectivity index (χ0n) is 8.83. The van der Waals surface area contributed by atoms with Crippen LogP contribution in [-0.2, 0) is 0 Å². The van der Waals surface area contributed by atoms with Gasteiger partial charge in [-0.25, -0.2) is 0 Å². The van der Waals surface area contributed by atoms with Gasteiger partial charge in [-0.15, -0.1) is 0 Å². The van der Waals surface area contributed by atoms with Crippen molar-refractivity contribution in [3.05, 3.63) is 23.7 Å². The van der Waals surface area contributed by atoms with Gasteiger partial charge in [0.2, 0.25) is 0 Å². The summed E-state index contributed by atoms with van der Waals surface area (Å²) in [6, 6.07) is 0.157. The molecule has 80 valence electrons. The van der Waals surface area contributed by atoms with Crippen molar-refractivity contribution in [2.45, 2.75) is 32.7 Å². The molecular formula is C11H19NO2. The average molecular weight is 197 g/mol. The Labute approximate surface area is 85.1 Å². The summed E-state index contributed by atoms with van der Waals surface area (Å²) >= 11 is 0. The molecular weight excluding hydrogens is 178 g/mol. The van der Waals surface area contributed by atoms with Gasteiger partial charge >= 0.3 is 0 Å². The monoisotopic (exact) mass is 197 g/mol. The number of nitrogens with one attached hydrogen (secondary N) is 1. The van der Waals surface area contributed by atoms with E-state index in [9.17, 15) is 5.11 Å². The lowest BCUT2D eigenvalue weighted by atomic mass is 10.1. The Hall–Kier alpha value is -0.960. The van der Waals surface area contributed by atoms with E-state index in [1.54, 1.807) is 6.08 Å². The molecule has 0 saturated carbocycles. The molecule has 1 rings (SSSR count). The molecule has 0 saturated heterocycles. The molecule has 3 heteroatoms. The van der Waals surface area contributed by atoms with Crippen LogP contribution in [0.25, 0.3) is 0 Å². The summed E-state index contributed by atoms with van der Waals surface area (Å²) in [5, 5.41) is 21.7. The maximum atomic E-state index is 9.30. The molecule has 0 radical (unpaired) electrons. The van der Waals surface area contributed by atoms with Crippen molar-refractivity contribution in [1.82, 2.24) is 5.32 Å². The number of aliphatic hydroxyl groups excluding tert-OH is 2. The van der Waals surface area contributed by atoms with E-state index < -0.39 is 0 Å².